The normalized spacial score (nSPS) is 9.33. The quantitative estimate of drug-likeness (QED) is 0.712. The van der Waals surface area contributed by atoms with Crippen molar-refractivity contribution in [3.05, 3.63) is 69.7 Å². The van der Waals surface area contributed by atoms with Gasteiger partial charge in [0.25, 0.3) is 0 Å². The predicted octanol–water partition coefficient (Wildman–Crippen LogP) is 5.01. The highest BCUT2D eigenvalue weighted by Gasteiger charge is 2.10. The number of benzene rings is 2. The van der Waals surface area contributed by atoms with Gasteiger partial charge in [-0.2, -0.15) is 0 Å². The molecule has 94 valence electrons. The van der Waals surface area contributed by atoms with Gasteiger partial charge < -0.3 is 0 Å². The molecular formula is C16H17BrO. The van der Waals surface area contributed by atoms with Crippen LogP contribution in [0, 0.1) is 6.92 Å². The van der Waals surface area contributed by atoms with Crippen LogP contribution in [0.5, 0.6) is 0 Å². The van der Waals surface area contributed by atoms with Gasteiger partial charge in [-0.25, -0.2) is 0 Å². The lowest BCUT2D eigenvalue weighted by molar-refractivity contribution is 0.103. The monoisotopic (exact) mass is 304 g/mol. The Labute approximate surface area is 117 Å². The summed E-state index contributed by atoms with van der Waals surface area (Å²) in [6.07, 6.45) is 0. The molecule has 2 heteroatoms. The van der Waals surface area contributed by atoms with Gasteiger partial charge >= 0.3 is 0 Å². The van der Waals surface area contributed by atoms with Crippen LogP contribution >= 0.6 is 15.9 Å². The van der Waals surface area contributed by atoms with E-state index < -0.39 is 0 Å². The van der Waals surface area contributed by atoms with Crippen molar-refractivity contribution in [2.24, 2.45) is 0 Å². The zero-order valence-electron chi connectivity index (χ0n) is 10.9. The van der Waals surface area contributed by atoms with Gasteiger partial charge in [-0.05, 0) is 36.8 Å². The standard InChI is InChI=1S/C14H11BrO.C2H6/c1-10-4-2-3-5-13(10)14(16)11-6-8-12(15)9-7-11;1-2/h2-9H,1H3;1-2H3. The minimum atomic E-state index is 0.0746. The van der Waals surface area contributed by atoms with E-state index in [-0.39, 0.29) is 5.78 Å². The van der Waals surface area contributed by atoms with E-state index in [0.717, 1.165) is 21.2 Å². The van der Waals surface area contributed by atoms with Crippen LogP contribution < -0.4 is 0 Å². The number of carbonyl (C=O) groups excluding carboxylic acids is 1. The highest BCUT2D eigenvalue weighted by atomic mass is 79.9. The highest BCUT2D eigenvalue weighted by Crippen LogP contribution is 2.16. The molecule has 1 nitrogen and oxygen atoms in total. The van der Waals surface area contributed by atoms with E-state index in [9.17, 15) is 4.79 Å². The summed E-state index contributed by atoms with van der Waals surface area (Å²) in [6, 6.07) is 15.1. The summed E-state index contributed by atoms with van der Waals surface area (Å²) in [6.45, 7) is 5.95. The number of halogens is 1. The Bertz CT molecular complexity index is 515. The molecule has 0 aliphatic carbocycles. The molecule has 0 saturated heterocycles. The van der Waals surface area contributed by atoms with E-state index in [4.69, 9.17) is 0 Å². The molecule has 0 aliphatic rings. The maximum atomic E-state index is 12.2. The molecule has 0 N–H and O–H groups in total. The first-order valence-corrected chi connectivity index (χ1v) is 6.83. The zero-order valence-corrected chi connectivity index (χ0v) is 12.5. The van der Waals surface area contributed by atoms with Crippen LogP contribution in [-0.2, 0) is 0 Å². The fraction of sp³-hybridized carbons (Fsp3) is 0.188. The number of aryl methyl sites for hydroxylation is 1. The molecule has 0 bridgehead atoms. The van der Waals surface area contributed by atoms with Crippen LogP contribution in [0.4, 0.5) is 0 Å². The maximum Gasteiger partial charge on any atom is 0.193 e. The van der Waals surface area contributed by atoms with Crippen molar-refractivity contribution in [3.63, 3.8) is 0 Å². The second kappa shape index (κ2) is 7.12. The summed E-state index contributed by atoms with van der Waals surface area (Å²) in [5.41, 5.74) is 2.50. The van der Waals surface area contributed by atoms with Gasteiger partial charge in [0.1, 0.15) is 0 Å². The minimum absolute atomic E-state index is 0.0746. The summed E-state index contributed by atoms with van der Waals surface area (Å²) >= 11 is 3.35. The Morgan fingerprint density at radius 2 is 1.50 bits per heavy atom. The van der Waals surface area contributed by atoms with E-state index in [0.29, 0.717) is 0 Å². The number of hydrogen-bond acceptors (Lipinski definition) is 1. The Morgan fingerprint density at radius 1 is 0.944 bits per heavy atom. The van der Waals surface area contributed by atoms with Crippen molar-refractivity contribution in [2.45, 2.75) is 20.8 Å². The van der Waals surface area contributed by atoms with Crippen LogP contribution in [0.2, 0.25) is 0 Å². The largest absolute Gasteiger partial charge is 0.289 e. The molecule has 0 radical (unpaired) electrons. The molecule has 0 aromatic heterocycles. The van der Waals surface area contributed by atoms with Crippen molar-refractivity contribution in [3.8, 4) is 0 Å². The second-order valence-corrected chi connectivity index (χ2v) is 4.57. The van der Waals surface area contributed by atoms with E-state index in [1.54, 1.807) is 0 Å². The van der Waals surface area contributed by atoms with Gasteiger partial charge in [-0.1, -0.05) is 54.0 Å². The van der Waals surface area contributed by atoms with Crippen molar-refractivity contribution in [2.75, 3.05) is 0 Å². The Hall–Kier alpha value is -1.41. The van der Waals surface area contributed by atoms with Crippen molar-refractivity contribution >= 4 is 21.7 Å². The van der Waals surface area contributed by atoms with Gasteiger partial charge in [-0.15, -0.1) is 0 Å². The van der Waals surface area contributed by atoms with Gasteiger partial charge in [0.05, 0.1) is 0 Å². The molecule has 0 spiro atoms. The van der Waals surface area contributed by atoms with E-state index in [2.05, 4.69) is 15.9 Å². The highest BCUT2D eigenvalue weighted by molar-refractivity contribution is 9.10. The first-order chi connectivity index (χ1) is 8.68. The lowest BCUT2D eigenvalue weighted by atomic mass is 9.99. The van der Waals surface area contributed by atoms with Crippen LogP contribution in [-0.4, -0.2) is 5.78 Å². The molecule has 0 atom stereocenters. The van der Waals surface area contributed by atoms with Crippen LogP contribution in [0.3, 0.4) is 0 Å². The van der Waals surface area contributed by atoms with E-state index >= 15 is 0 Å². The molecule has 18 heavy (non-hydrogen) atoms. The average Bonchev–Trinajstić information content (AvgIpc) is 2.42. The third-order valence-electron chi connectivity index (χ3n) is 2.50. The van der Waals surface area contributed by atoms with Gasteiger partial charge in [0.15, 0.2) is 5.78 Å². The molecule has 0 heterocycles. The first-order valence-electron chi connectivity index (χ1n) is 6.04. The Kier molecular flexibility index (Phi) is 5.79. The van der Waals surface area contributed by atoms with Crippen molar-refractivity contribution < 1.29 is 4.79 Å². The molecule has 0 saturated carbocycles. The molecule has 0 fully saturated rings. The van der Waals surface area contributed by atoms with Crippen molar-refractivity contribution in [1.29, 1.82) is 0 Å². The van der Waals surface area contributed by atoms with Gasteiger partial charge in [0, 0.05) is 15.6 Å². The van der Waals surface area contributed by atoms with Crippen LogP contribution in [0.25, 0.3) is 0 Å². The van der Waals surface area contributed by atoms with Gasteiger partial charge in [0.2, 0.25) is 0 Å². The van der Waals surface area contributed by atoms with Gasteiger partial charge in [-0.3, -0.25) is 4.79 Å². The Balaban J connectivity index is 0.000000771. The molecule has 0 aliphatic heterocycles. The third-order valence-corrected chi connectivity index (χ3v) is 3.02. The molecule has 2 rings (SSSR count). The molecular weight excluding hydrogens is 288 g/mol. The smallest absolute Gasteiger partial charge is 0.193 e. The maximum absolute atomic E-state index is 12.2. The number of rotatable bonds is 2. The first kappa shape index (κ1) is 14.7. The molecule has 0 amide bonds. The van der Waals surface area contributed by atoms with E-state index in [1.807, 2.05) is 69.3 Å². The van der Waals surface area contributed by atoms with Crippen LogP contribution in [0.1, 0.15) is 35.3 Å². The fourth-order valence-corrected chi connectivity index (χ4v) is 1.85. The fourth-order valence-electron chi connectivity index (χ4n) is 1.58. The average molecular weight is 305 g/mol. The third kappa shape index (κ3) is 3.54. The summed E-state index contributed by atoms with van der Waals surface area (Å²) in [5, 5.41) is 0. The lowest BCUT2D eigenvalue weighted by Crippen LogP contribution is -2.02. The topological polar surface area (TPSA) is 17.1 Å². The van der Waals surface area contributed by atoms with E-state index in [1.165, 1.54) is 0 Å². The number of carbonyl (C=O) groups is 1. The predicted molar refractivity (Wildman–Crippen MR) is 80.1 cm³/mol. The van der Waals surface area contributed by atoms with Crippen molar-refractivity contribution in [1.82, 2.24) is 0 Å². The van der Waals surface area contributed by atoms with Crippen LogP contribution in [0.15, 0.2) is 53.0 Å². The summed E-state index contributed by atoms with van der Waals surface area (Å²) in [5.74, 6) is 0.0746. The second-order valence-electron chi connectivity index (χ2n) is 3.65. The number of hydrogen-bond donors (Lipinski definition) is 0. The number of ketones is 1. The Morgan fingerprint density at radius 3 is 2.06 bits per heavy atom. The molecule has 0 unspecified atom stereocenters. The summed E-state index contributed by atoms with van der Waals surface area (Å²) in [4.78, 5) is 12.2. The minimum Gasteiger partial charge on any atom is -0.289 e. The lowest BCUT2D eigenvalue weighted by Gasteiger charge is -2.04. The zero-order chi connectivity index (χ0) is 13.5. The summed E-state index contributed by atoms with van der Waals surface area (Å²) in [7, 11) is 0. The SMILES string of the molecule is CC.Cc1ccccc1C(=O)c1ccc(Br)cc1. The summed E-state index contributed by atoms with van der Waals surface area (Å²) < 4.78 is 0.980. The molecule has 2 aromatic rings. The molecule has 2 aromatic carbocycles.